The minimum absolute atomic E-state index is 0.0257. The number of unbranched alkanes of at least 4 members (excludes halogenated alkanes) is 1. The van der Waals surface area contributed by atoms with Crippen molar-refractivity contribution >= 4 is 56.4 Å². The molecular formula is C38H38N6O2S. The van der Waals surface area contributed by atoms with Crippen molar-refractivity contribution in [2.24, 2.45) is 0 Å². The van der Waals surface area contributed by atoms with Gasteiger partial charge in [0.1, 0.15) is 5.52 Å². The van der Waals surface area contributed by atoms with Crippen molar-refractivity contribution in [3.8, 4) is 0 Å². The molecule has 1 aliphatic rings. The fraction of sp³-hybridized carbons (Fsp3) is 0.289. The zero-order chi connectivity index (χ0) is 32.3. The Hall–Kier alpha value is -4.76. The molecule has 8 nitrogen and oxygen atoms in total. The van der Waals surface area contributed by atoms with Gasteiger partial charge in [-0.1, -0.05) is 90.1 Å². The molecule has 7 rings (SSSR count). The summed E-state index contributed by atoms with van der Waals surface area (Å²) in [4.78, 5) is 35.2. The Morgan fingerprint density at radius 3 is 2.55 bits per heavy atom. The van der Waals surface area contributed by atoms with Gasteiger partial charge in [0.2, 0.25) is 11.1 Å². The molecule has 0 saturated carbocycles. The molecule has 2 aromatic heterocycles. The summed E-state index contributed by atoms with van der Waals surface area (Å²) in [6, 6.07) is 30.7. The first-order chi connectivity index (χ1) is 22.9. The predicted octanol–water partition coefficient (Wildman–Crippen LogP) is 7.12. The monoisotopic (exact) mass is 642 g/mol. The third-order valence-electron chi connectivity index (χ3n) is 9.03. The molecule has 9 heteroatoms. The Kier molecular flexibility index (Phi) is 8.89. The summed E-state index contributed by atoms with van der Waals surface area (Å²) in [7, 11) is 0. The lowest BCUT2D eigenvalue weighted by atomic mass is 10.0. The Bertz CT molecular complexity index is 2090. The number of fused-ring (bicyclic) bond motifs is 4. The zero-order valence-electron chi connectivity index (χ0n) is 26.8. The number of nitrogens with zero attached hydrogens (tertiary/aromatic N) is 6. The lowest BCUT2D eigenvalue weighted by Gasteiger charge is -2.40. The molecule has 0 spiro atoms. The quantitative estimate of drug-likeness (QED) is 0.123. The number of aryl methyl sites for hydroxylation is 1. The van der Waals surface area contributed by atoms with E-state index in [1.165, 1.54) is 11.1 Å². The minimum Gasteiger partial charge on any atom is -0.339 e. The second-order valence-corrected chi connectivity index (χ2v) is 13.5. The van der Waals surface area contributed by atoms with Gasteiger partial charge < -0.3 is 14.4 Å². The second kappa shape index (κ2) is 13.5. The average Bonchev–Trinajstić information content (AvgIpc) is 3.40. The Labute approximate surface area is 278 Å². The van der Waals surface area contributed by atoms with Crippen molar-refractivity contribution in [2.75, 3.05) is 25.4 Å². The number of hydrogen-bond donors (Lipinski definition) is 0. The van der Waals surface area contributed by atoms with Gasteiger partial charge in [-0.15, -0.1) is 10.2 Å². The molecular weight excluding hydrogens is 605 g/mol. The Morgan fingerprint density at radius 1 is 0.872 bits per heavy atom. The van der Waals surface area contributed by atoms with Crippen molar-refractivity contribution in [3.05, 3.63) is 108 Å². The lowest BCUT2D eigenvalue weighted by molar-refractivity contribution is -0.133. The van der Waals surface area contributed by atoms with Gasteiger partial charge in [0.25, 0.3) is 5.91 Å². The number of para-hydroxylation sites is 1. The van der Waals surface area contributed by atoms with Crippen LogP contribution in [0.4, 0.5) is 0 Å². The summed E-state index contributed by atoms with van der Waals surface area (Å²) < 4.78 is 2.23. The molecule has 1 fully saturated rings. The van der Waals surface area contributed by atoms with Gasteiger partial charge in [-0.3, -0.25) is 9.59 Å². The number of carbonyl (C=O) groups is 2. The molecule has 6 aromatic rings. The molecule has 4 aromatic carbocycles. The largest absolute Gasteiger partial charge is 0.339 e. The van der Waals surface area contributed by atoms with Crippen LogP contribution in [-0.2, 0) is 11.3 Å². The number of benzene rings is 4. The number of thioether (sulfide) groups is 1. The van der Waals surface area contributed by atoms with E-state index in [0.29, 0.717) is 43.3 Å². The molecule has 0 bridgehead atoms. The average molecular weight is 643 g/mol. The highest BCUT2D eigenvalue weighted by atomic mass is 32.2. The van der Waals surface area contributed by atoms with Crippen LogP contribution in [-0.4, -0.2) is 72.8 Å². The fourth-order valence-electron chi connectivity index (χ4n) is 6.58. The zero-order valence-corrected chi connectivity index (χ0v) is 27.6. The van der Waals surface area contributed by atoms with E-state index in [2.05, 4.69) is 58.1 Å². The molecule has 1 aliphatic heterocycles. The number of rotatable bonds is 9. The van der Waals surface area contributed by atoms with Crippen LogP contribution in [0.5, 0.6) is 0 Å². The first kappa shape index (κ1) is 30.9. The fourth-order valence-corrected chi connectivity index (χ4v) is 7.36. The van der Waals surface area contributed by atoms with E-state index in [4.69, 9.17) is 4.98 Å². The SMILES string of the molecule is Cc1cccc(Cn2c3ccccc3c3nnc(SCCCCC(=O)N4CCN(C(=O)c5ccc6ccccc6c5)C(C)C4)nc32)c1. The summed E-state index contributed by atoms with van der Waals surface area (Å²) in [6.07, 6.45) is 2.16. The van der Waals surface area contributed by atoms with Crippen LogP contribution < -0.4 is 0 Å². The van der Waals surface area contributed by atoms with Crippen LogP contribution in [0.2, 0.25) is 0 Å². The standard InChI is InChI=1S/C38H38N6O2S/c1-26-10-9-11-28(22-26)25-44-33-15-6-5-14-32(33)35-36(44)39-38(41-40-35)47-21-8-7-16-34(45)42-19-20-43(27(2)24-42)37(46)31-18-17-29-12-3-4-13-30(29)23-31/h3-6,9-15,17-18,22-23,27H,7-8,16,19-21,24-25H2,1-2H3. The van der Waals surface area contributed by atoms with Gasteiger partial charge in [-0.2, -0.15) is 0 Å². The molecule has 2 amide bonds. The number of piperazine rings is 1. The smallest absolute Gasteiger partial charge is 0.254 e. The summed E-state index contributed by atoms with van der Waals surface area (Å²) >= 11 is 1.59. The summed E-state index contributed by atoms with van der Waals surface area (Å²) in [5.41, 5.74) is 5.90. The van der Waals surface area contributed by atoms with E-state index in [0.717, 1.165) is 51.4 Å². The minimum atomic E-state index is -0.0386. The lowest BCUT2D eigenvalue weighted by Crippen LogP contribution is -2.55. The third-order valence-corrected chi connectivity index (χ3v) is 9.96. The van der Waals surface area contributed by atoms with Gasteiger partial charge in [0.15, 0.2) is 5.65 Å². The van der Waals surface area contributed by atoms with Crippen LogP contribution in [0.15, 0.2) is 96.2 Å². The van der Waals surface area contributed by atoms with Crippen LogP contribution in [0, 0.1) is 6.92 Å². The van der Waals surface area contributed by atoms with Crippen LogP contribution >= 0.6 is 11.8 Å². The molecule has 47 heavy (non-hydrogen) atoms. The highest BCUT2D eigenvalue weighted by Gasteiger charge is 2.30. The van der Waals surface area contributed by atoms with Gasteiger partial charge in [0.05, 0.1) is 5.52 Å². The van der Waals surface area contributed by atoms with Gasteiger partial charge in [-0.25, -0.2) is 4.98 Å². The summed E-state index contributed by atoms with van der Waals surface area (Å²) in [6.45, 7) is 6.51. The normalized spacial score (nSPS) is 15.1. The molecule has 1 saturated heterocycles. The number of hydrogen-bond acceptors (Lipinski definition) is 6. The molecule has 0 N–H and O–H groups in total. The molecule has 1 atom stereocenters. The summed E-state index contributed by atoms with van der Waals surface area (Å²) in [5.74, 6) is 0.987. The van der Waals surface area contributed by atoms with E-state index in [9.17, 15) is 9.59 Å². The van der Waals surface area contributed by atoms with Crippen molar-refractivity contribution in [1.29, 1.82) is 0 Å². The van der Waals surface area contributed by atoms with E-state index < -0.39 is 0 Å². The first-order valence-corrected chi connectivity index (χ1v) is 17.3. The van der Waals surface area contributed by atoms with Crippen molar-refractivity contribution < 1.29 is 9.59 Å². The van der Waals surface area contributed by atoms with E-state index >= 15 is 0 Å². The summed E-state index contributed by atoms with van der Waals surface area (Å²) in [5, 5.41) is 12.9. The van der Waals surface area contributed by atoms with Crippen LogP contribution in [0.25, 0.3) is 32.8 Å². The van der Waals surface area contributed by atoms with Crippen LogP contribution in [0.3, 0.4) is 0 Å². The van der Waals surface area contributed by atoms with Gasteiger partial charge in [0, 0.05) is 55.3 Å². The molecule has 1 unspecified atom stereocenters. The third kappa shape index (κ3) is 6.58. The maximum atomic E-state index is 13.3. The van der Waals surface area contributed by atoms with Gasteiger partial charge >= 0.3 is 0 Å². The Morgan fingerprint density at radius 2 is 1.70 bits per heavy atom. The Balaban J connectivity index is 0.920. The molecule has 3 heterocycles. The van der Waals surface area contributed by atoms with E-state index in [-0.39, 0.29) is 17.9 Å². The maximum absolute atomic E-state index is 13.3. The number of aromatic nitrogens is 4. The molecule has 0 radical (unpaired) electrons. The van der Waals surface area contributed by atoms with Crippen LogP contribution in [0.1, 0.15) is 47.7 Å². The predicted molar refractivity (Wildman–Crippen MR) is 189 cm³/mol. The number of amides is 2. The highest BCUT2D eigenvalue weighted by Crippen LogP contribution is 2.28. The van der Waals surface area contributed by atoms with Crippen molar-refractivity contribution in [2.45, 2.75) is 50.9 Å². The molecule has 0 aliphatic carbocycles. The molecule has 238 valence electrons. The highest BCUT2D eigenvalue weighted by molar-refractivity contribution is 7.99. The first-order valence-electron chi connectivity index (χ1n) is 16.3. The van der Waals surface area contributed by atoms with E-state index in [1.54, 1.807) is 11.8 Å². The van der Waals surface area contributed by atoms with Gasteiger partial charge in [-0.05, 0) is 61.2 Å². The van der Waals surface area contributed by atoms with E-state index in [1.807, 2.05) is 71.3 Å². The second-order valence-electron chi connectivity index (χ2n) is 12.4. The number of carbonyl (C=O) groups excluding carboxylic acids is 2. The van der Waals surface area contributed by atoms with Crippen molar-refractivity contribution in [3.63, 3.8) is 0 Å². The van der Waals surface area contributed by atoms with Crippen molar-refractivity contribution in [1.82, 2.24) is 29.5 Å². The maximum Gasteiger partial charge on any atom is 0.254 e. The topological polar surface area (TPSA) is 84.2 Å².